The van der Waals surface area contributed by atoms with Crippen LogP contribution in [0.5, 0.6) is 0 Å². The van der Waals surface area contributed by atoms with Crippen LogP contribution in [0.2, 0.25) is 0 Å². The van der Waals surface area contributed by atoms with E-state index in [0.717, 1.165) is 19.4 Å². The maximum atomic E-state index is 8.66. The van der Waals surface area contributed by atoms with E-state index in [1.807, 2.05) is 6.08 Å². The van der Waals surface area contributed by atoms with E-state index in [9.17, 15) is 0 Å². The summed E-state index contributed by atoms with van der Waals surface area (Å²) in [5.41, 5.74) is 0. The van der Waals surface area contributed by atoms with Crippen molar-refractivity contribution >= 4 is 0 Å². The van der Waals surface area contributed by atoms with E-state index in [2.05, 4.69) is 17.2 Å². The van der Waals surface area contributed by atoms with Crippen molar-refractivity contribution < 1.29 is 10.2 Å². The highest BCUT2D eigenvalue weighted by atomic mass is 16.3. The van der Waals surface area contributed by atoms with Crippen LogP contribution in [0.4, 0.5) is 0 Å². The highest BCUT2D eigenvalue weighted by Crippen LogP contribution is 1.97. The third-order valence-electron chi connectivity index (χ3n) is 1.95. The molecule has 0 aliphatic heterocycles. The van der Waals surface area contributed by atoms with Crippen LogP contribution in [-0.4, -0.2) is 49.1 Å². The Balaban J connectivity index is 3.45. The quantitative estimate of drug-likeness (QED) is 0.284. The first-order valence-electron chi connectivity index (χ1n) is 5.11. The van der Waals surface area contributed by atoms with Gasteiger partial charge in [0.05, 0.1) is 13.2 Å². The molecule has 14 heavy (non-hydrogen) atoms. The smallest absolute Gasteiger partial charge is 0.0556 e. The Bertz CT molecular complexity index is 131. The summed E-state index contributed by atoms with van der Waals surface area (Å²) in [4.78, 5) is 0. The molecule has 0 aliphatic rings. The van der Waals surface area contributed by atoms with Gasteiger partial charge in [0.25, 0.3) is 0 Å². The summed E-state index contributed by atoms with van der Waals surface area (Å²) < 4.78 is 0. The molecule has 4 N–H and O–H groups in total. The molecule has 0 fully saturated rings. The van der Waals surface area contributed by atoms with Crippen LogP contribution < -0.4 is 10.6 Å². The second-order valence-corrected chi connectivity index (χ2v) is 3.16. The fraction of sp³-hybridized carbons (Fsp3) is 0.800. The molecule has 0 bridgehead atoms. The number of rotatable bonds is 10. The molecule has 1 atom stereocenters. The summed E-state index contributed by atoms with van der Waals surface area (Å²) in [6.07, 6.45) is 3.76. The molecule has 0 saturated heterocycles. The molecule has 84 valence electrons. The van der Waals surface area contributed by atoms with E-state index >= 15 is 0 Å². The third kappa shape index (κ3) is 8.19. The molecule has 0 aromatic heterocycles. The predicted octanol–water partition coefficient (Wildman–Crippen LogP) is -0.515. The van der Waals surface area contributed by atoms with Gasteiger partial charge in [-0.1, -0.05) is 6.08 Å². The van der Waals surface area contributed by atoms with Gasteiger partial charge in [0.15, 0.2) is 0 Å². The Morgan fingerprint density at radius 2 is 1.86 bits per heavy atom. The Morgan fingerprint density at radius 1 is 1.14 bits per heavy atom. The maximum Gasteiger partial charge on any atom is 0.0556 e. The number of nitrogens with one attached hydrogen (secondary N) is 2. The summed E-state index contributed by atoms with van der Waals surface area (Å²) >= 11 is 0. The minimum Gasteiger partial charge on any atom is -0.395 e. The van der Waals surface area contributed by atoms with E-state index in [0.29, 0.717) is 19.1 Å². The van der Waals surface area contributed by atoms with Crippen LogP contribution in [0.3, 0.4) is 0 Å². The first-order chi connectivity index (χ1) is 6.85. The van der Waals surface area contributed by atoms with Crippen LogP contribution in [0.15, 0.2) is 12.7 Å². The van der Waals surface area contributed by atoms with Crippen molar-refractivity contribution in [2.24, 2.45) is 0 Å². The van der Waals surface area contributed by atoms with E-state index in [1.165, 1.54) is 0 Å². The zero-order valence-electron chi connectivity index (χ0n) is 8.71. The van der Waals surface area contributed by atoms with Gasteiger partial charge >= 0.3 is 0 Å². The average Bonchev–Trinajstić information content (AvgIpc) is 2.20. The van der Waals surface area contributed by atoms with Crippen molar-refractivity contribution in [3.8, 4) is 0 Å². The third-order valence-corrected chi connectivity index (χ3v) is 1.95. The van der Waals surface area contributed by atoms with Crippen molar-refractivity contribution in [3.63, 3.8) is 0 Å². The molecule has 0 saturated carbocycles. The van der Waals surface area contributed by atoms with E-state index < -0.39 is 0 Å². The van der Waals surface area contributed by atoms with Crippen molar-refractivity contribution in [2.75, 3.05) is 32.8 Å². The molecule has 0 aliphatic carbocycles. The highest BCUT2D eigenvalue weighted by Gasteiger charge is 2.04. The Labute approximate surface area is 86.0 Å². The van der Waals surface area contributed by atoms with Crippen molar-refractivity contribution in [1.82, 2.24) is 10.6 Å². The van der Waals surface area contributed by atoms with Gasteiger partial charge in [-0.25, -0.2) is 0 Å². The van der Waals surface area contributed by atoms with Gasteiger partial charge in [-0.2, -0.15) is 0 Å². The lowest BCUT2D eigenvalue weighted by Crippen LogP contribution is -2.34. The number of aliphatic hydroxyl groups excluding tert-OH is 2. The minimum absolute atomic E-state index is 0.164. The Kier molecular flexibility index (Phi) is 10.3. The van der Waals surface area contributed by atoms with Gasteiger partial charge in [0.2, 0.25) is 0 Å². The lowest BCUT2D eigenvalue weighted by atomic mass is 10.1. The van der Waals surface area contributed by atoms with Crippen molar-refractivity contribution in [1.29, 1.82) is 0 Å². The minimum atomic E-state index is 0.164. The zero-order valence-corrected chi connectivity index (χ0v) is 8.71. The van der Waals surface area contributed by atoms with Gasteiger partial charge in [0, 0.05) is 19.1 Å². The van der Waals surface area contributed by atoms with Crippen molar-refractivity contribution in [3.05, 3.63) is 12.7 Å². The van der Waals surface area contributed by atoms with Gasteiger partial charge < -0.3 is 20.8 Å². The van der Waals surface area contributed by atoms with Gasteiger partial charge in [-0.05, 0) is 19.4 Å². The molecule has 0 radical (unpaired) electrons. The first-order valence-corrected chi connectivity index (χ1v) is 5.11. The van der Waals surface area contributed by atoms with E-state index in [-0.39, 0.29) is 13.2 Å². The number of hydrogen-bond acceptors (Lipinski definition) is 4. The zero-order chi connectivity index (χ0) is 10.6. The number of hydrogen-bond donors (Lipinski definition) is 4. The van der Waals surface area contributed by atoms with E-state index in [1.54, 1.807) is 0 Å². The summed E-state index contributed by atoms with van der Waals surface area (Å²) in [5, 5.41) is 23.5. The van der Waals surface area contributed by atoms with Crippen LogP contribution in [-0.2, 0) is 0 Å². The van der Waals surface area contributed by atoms with Crippen LogP contribution >= 0.6 is 0 Å². The molecule has 4 nitrogen and oxygen atoms in total. The Hall–Kier alpha value is -0.420. The fourth-order valence-corrected chi connectivity index (χ4v) is 1.25. The molecule has 0 heterocycles. The lowest BCUT2D eigenvalue weighted by molar-refractivity contribution is 0.278. The molecule has 1 unspecified atom stereocenters. The van der Waals surface area contributed by atoms with Crippen LogP contribution in [0.1, 0.15) is 12.8 Å². The predicted molar refractivity (Wildman–Crippen MR) is 58.3 cm³/mol. The summed E-state index contributed by atoms with van der Waals surface area (Å²) in [7, 11) is 0. The first kappa shape index (κ1) is 13.6. The second-order valence-electron chi connectivity index (χ2n) is 3.16. The summed E-state index contributed by atoms with van der Waals surface area (Å²) in [6.45, 7) is 6.17. The topological polar surface area (TPSA) is 64.5 Å². The lowest BCUT2D eigenvalue weighted by Gasteiger charge is -2.16. The highest BCUT2D eigenvalue weighted by molar-refractivity contribution is 4.78. The molecule has 0 spiro atoms. The summed E-state index contributed by atoms with van der Waals surface area (Å²) in [6, 6.07) is 0.367. The largest absolute Gasteiger partial charge is 0.395 e. The molecule has 0 rings (SSSR count). The standard InChI is InChI=1S/C10H22N2O2/c1-2-3-10(12-7-9-14)4-5-11-6-8-13/h2,10-14H,1,3-9H2. The molecule has 0 aromatic rings. The average molecular weight is 202 g/mol. The Morgan fingerprint density at radius 3 is 2.43 bits per heavy atom. The van der Waals surface area contributed by atoms with Gasteiger partial charge in [-0.3, -0.25) is 0 Å². The molecular formula is C10H22N2O2. The fourth-order valence-electron chi connectivity index (χ4n) is 1.25. The second kappa shape index (κ2) is 10.7. The maximum absolute atomic E-state index is 8.66. The molecule has 4 heteroatoms. The molecule has 0 aromatic carbocycles. The molecular weight excluding hydrogens is 180 g/mol. The molecule has 0 amide bonds. The van der Waals surface area contributed by atoms with Gasteiger partial charge in [-0.15, -0.1) is 6.58 Å². The van der Waals surface area contributed by atoms with Gasteiger partial charge in [0.1, 0.15) is 0 Å². The normalized spacial score (nSPS) is 12.7. The summed E-state index contributed by atoms with van der Waals surface area (Å²) in [5.74, 6) is 0. The van der Waals surface area contributed by atoms with Crippen molar-refractivity contribution in [2.45, 2.75) is 18.9 Å². The SMILES string of the molecule is C=CCC(CCNCCO)NCCO. The monoisotopic (exact) mass is 202 g/mol. The number of aliphatic hydroxyl groups is 2. The van der Waals surface area contributed by atoms with Crippen LogP contribution in [0.25, 0.3) is 0 Å². The van der Waals surface area contributed by atoms with E-state index in [4.69, 9.17) is 10.2 Å². The van der Waals surface area contributed by atoms with Crippen LogP contribution in [0, 0.1) is 0 Å².